The zero-order valence-corrected chi connectivity index (χ0v) is 15.6. The molecule has 0 spiro atoms. The topological polar surface area (TPSA) is 114 Å². The number of ether oxygens (including phenoxy) is 1. The highest BCUT2D eigenvalue weighted by Gasteiger charge is 2.34. The number of hydrogen-bond donors (Lipinski definition) is 3. The van der Waals surface area contributed by atoms with E-state index in [1.807, 2.05) is 5.32 Å². The number of halogens is 3. The molecule has 0 radical (unpaired) electrons. The first-order valence-corrected chi connectivity index (χ1v) is 8.91. The van der Waals surface area contributed by atoms with Gasteiger partial charge >= 0.3 is 12.5 Å². The molecule has 162 valence electrons. The number of aliphatic hydroxyl groups excluding tert-OH is 1. The fourth-order valence-electron chi connectivity index (χ4n) is 2.98. The first-order chi connectivity index (χ1) is 14.3. The number of hydrogen-bond acceptors (Lipinski definition) is 6. The highest BCUT2D eigenvalue weighted by atomic mass is 19.3. The van der Waals surface area contributed by atoms with Gasteiger partial charge in [0.2, 0.25) is 0 Å². The molecule has 0 saturated carbocycles. The molecule has 2 heterocycles. The molecular formula is C17H19F3N5O5+. The Bertz CT molecular complexity index is 881. The molecule has 3 N–H and O–H groups in total. The van der Waals surface area contributed by atoms with E-state index in [9.17, 15) is 27.6 Å². The molecular weight excluding hydrogens is 411 g/mol. The van der Waals surface area contributed by atoms with Crippen LogP contribution < -0.4 is 15.6 Å². The normalized spacial score (nSPS) is 18.8. The number of amides is 3. The fourth-order valence-corrected chi connectivity index (χ4v) is 2.98. The minimum Gasteiger partial charge on any atom is -0.442 e. The number of nitrogens with one attached hydrogen (secondary N) is 2. The number of hydrazine groups is 1. The van der Waals surface area contributed by atoms with Crippen LogP contribution in [0.2, 0.25) is 0 Å². The van der Waals surface area contributed by atoms with Crippen LogP contribution in [0, 0.1) is 5.82 Å². The van der Waals surface area contributed by atoms with E-state index in [0.717, 1.165) is 11.0 Å². The third-order valence-electron chi connectivity index (χ3n) is 4.50. The van der Waals surface area contributed by atoms with Crippen LogP contribution in [0.15, 0.2) is 18.2 Å². The Hall–Kier alpha value is -3.35. The third kappa shape index (κ3) is 4.62. The van der Waals surface area contributed by atoms with Gasteiger partial charge < -0.3 is 15.2 Å². The van der Waals surface area contributed by atoms with Crippen molar-refractivity contribution in [3.05, 3.63) is 24.0 Å². The van der Waals surface area contributed by atoms with Gasteiger partial charge in [-0.1, -0.05) is 0 Å². The van der Waals surface area contributed by atoms with Crippen LogP contribution >= 0.6 is 0 Å². The van der Waals surface area contributed by atoms with E-state index in [1.54, 1.807) is 0 Å². The Kier molecular flexibility index (Phi) is 6.40. The van der Waals surface area contributed by atoms with Crippen LogP contribution in [0.3, 0.4) is 0 Å². The van der Waals surface area contributed by atoms with Gasteiger partial charge in [-0.05, 0) is 12.1 Å². The van der Waals surface area contributed by atoms with Gasteiger partial charge in [-0.15, -0.1) is 0 Å². The number of carbonyl (C=O) groups excluding carboxylic acids is 3. The van der Waals surface area contributed by atoms with Crippen LogP contribution in [0.25, 0.3) is 0 Å². The number of rotatable bonds is 6. The number of carbonyl (C=O) groups is 3. The smallest absolute Gasteiger partial charge is 0.414 e. The summed E-state index contributed by atoms with van der Waals surface area (Å²) in [6, 6.07) is 4.04. The minimum atomic E-state index is -3.17. The second-order valence-corrected chi connectivity index (χ2v) is 6.45. The second kappa shape index (κ2) is 8.98. The maximum Gasteiger partial charge on any atom is 0.414 e. The SMILES string of the molecule is O=C(NC[C@H]1CN(c2ccc([N+]3=CNN(C(=O)CO)CC3)c(F)c2)C(=O)O1)C(F)F. The van der Waals surface area contributed by atoms with E-state index in [-0.39, 0.29) is 37.6 Å². The average Bonchev–Trinajstić information content (AvgIpc) is 3.12. The van der Waals surface area contributed by atoms with E-state index in [2.05, 4.69) is 5.43 Å². The summed E-state index contributed by atoms with van der Waals surface area (Å²) in [6.45, 7) is -0.503. The first-order valence-electron chi connectivity index (χ1n) is 8.91. The van der Waals surface area contributed by atoms with Crippen molar-refractivity contribution in [2.24, 2.45) is 0 Å². The summed E-state index contributed by atoms with van der Waals surface area (Å²) >= 11 is 0. The van der Waals surface area contributed by atoms with Crippen molar-refractivity contribution in [3.63, 3.8) is 0 Å². The molecule has 1 aromatic rings. The molecule has 0 unspecified atom stereocenters. The molecule has 10 nitrogen and oxygen atoms in total. The molecule has 13 heteroatoms. The van der Waals surface area contributed by atoms with Gasteiger partial charge in [0, 0.05) is 6.07 Å². The van der Waals surface area contributed by atoms with Gasteiger partial charge in [0.1, 0.15) is 19.3 Å². The highest BCUT2D eigenvalue weighted by molar-refractivity contribution is 5.90. The molecule has 1 atom stereocenters. The summed E-state index contributed by atoms with van der Waals surface area (Å²) in [7, 11) is 0. The minimum absolute atomic E-state index is 0.0449. The van der Waals surface area contributed by atoms with Gasteiger partial charge in [-0.3, -0.25) is 14.5 Å². The summed E-state index contributed by atoms with van der Waals surface area (Å²) in [5.41, 5.74) is 3.04. The van der Waals surface area contributed by atoms with E-state index in [0.29, 0.717) is 0 Å². The van der Waals surface area contributed by atoms with Crippen LogP contribution in [0.5, 0.6) is 0 Å². The molecule has 0 aromatic heterocycles. The monoisotopic (exact) mass is 430 g/mol. The summed E-state index contributed by atoms with van der Waals surface area (Å²) in [5.74, 6) is -2.63. The summed E-state index contributed by atoms with van der Waals surface area (Å²) < 4.78 is 45.6. The molecule has 3 amide bonds. The Labute approximate surface area is 168 Å². The van der Waals surface area contributed by atoms with Crippen molar-refractivity contribution in [1.82, 2.24) is 15.8 Å². The zero-order chi connectivity index (χ0) is 21.8. The molecule has 3 rings (SSSR count). The van der Waals surface area contributed by atoms with Gasteiger partial charge in [0.15, 0.2) is 11.5 Å². The molecule has 1 saturated heterocycles. The van der Waals surface area contributed by atoms with Crippen molar-refractivity contribution < 1.29 is 42.0 Å². The van der Waals surface area contributed by atoms with Gasteiger partial charge in [0.25, 0.3) is 18.2 Å². The Balaban J connectivity index is 1.65. The predicted molar refractivity (Wildman–Crippen MR) is 95.8 cm³/mol. The standard InChI is InChI=1S/C17H18F3N5O5/c18-12-5-10(24-7-11(30-17(24)29)6-21-16(28)15(19)20)1-2-13(12)23-3-4-25(22-9-23)14(27)8-26/h1-2,5,9,11,15,26H,3-4,6-8H2,(H,21,28)/p+1/t11-/m0/s1. The number of anilines is 1. The van der Waals surface area contributed by atoms with E-state index in [4.69, 9.17) is 9.84 Å². The summed E-state index contributed by atoms with van der Waals surface area (Å²) in [6.07, 6.45) is -3.43. The highest BCUT2D eigenvalue weighted by Crippen LogP contribution is 2.27. The molecule has 1 fully saturated rings. The summed E-state index contributed by atoms with van der Waals surface area (Å²) in [4.78, 5) is 35.5. The van der Waals surface area contributed by atoms with Crippen molar-refractivity contribution in [1.29, 1.82) is 0 Å². The first kappa shape index (κ1) is 21.4. The number of cyclic esters (lactones) is 1. The van der Waals surface area contributed by atoms with Crippen molar-refractivity contribution >= 4 is 35.6 Å². The lowest BCUT2D eigenvalue weighted by atomic mass is 10.2. The molecule has 1 aromatic carbocycles. The van der Waals surface area contributed by atoms with E-state index >= 15 is 0 Å². The fraction of sp³-hybridized carbons (Fsp3) is 0.412. The van der Waals surface area contributed by atoms with Crippen molar-refractivity contribution in [3.8, 4) is 0 Å². The Morgan fingerprint density at radius 3 is 2.77 bits per heavy atom. The summed E-state index contributed by atoms with van der Waals surface area (Å²) in [5, 5.41) is 12.0. The Morgan fingerprint density at radius 1 is 1.40 bits per heavy atom. The lowest BCUT2D eigenvalue weighted by Crippen LogP contribution is -2.51. The third-order valence-corrected chi connectivity index (χ3v) is 4.50. The average molecular weight is 430 g/mol. The molecule has 0 bridgehead atoms. The number of nitrogens with zero attached hydrogens (tertiary/aromatic N) is 3. The predicted octanol–water partition coefficient (Wildman–Crippen LogP) is -0.456. The maximum atomic E-state index is 14.6. The van der Waals surface area contributed by atoms with E-state index < -0.39 is 42.9 Å². The molecule has 30 heavy (non-hydrogen) atoms. The van der Waals surface area contributed by atoms with E-state index in [1.165, 1.54) is 28.1 Å². The van der Waals surface area contributed by atoms with Gasteiger partial charge in [-0.25, -0.2) is 13.8 Å². The number of benzene rings is 1. The Morgan fingerprint density at radius 2 is 2.17 bits per heavy atom. The molecule has 2 aliphatic heterocycles. The number of aliphatic hydroxyl groups is 1. The zero-order valence-electron chi connectivity index (χ0n) is 15.6. The lowest BCUT2D eigenvalue weighted by molar-refractivity contribution is -0.448. The molecule has 2 aliphatic rings. The molecule has 0 aliphatic carbocycles. The van der Waals surface area contributed by atoms with Crippen molar-refractivity contribution in [2.45, 2.75) is 12.5 Å². The van der Waals surface area contributed by atoms with Gasteiger partial charge in [0.05, 0.1) is 25.3 Å². The van der Waals surface area contributed by atoms with Crippen molar-refractivity contribution in [2.75, 3.05) is 37.7 Å². The second-order valence-electron chi connectivity index (χ2n) is 6.45. The van der Waals surface area contributed by atoms with Gasteiger partial charge in [-0.2, -0.15) is 19.2 Å². The van der Waals surface area contributed by atoms with Crippen LogP contribution in [0.4, 0.5) is 29.3 Å². The maximum absolute atomic E-state index is 14.6. The van der Waals surface area contributed by atoms with Crippen LogP contribution in [0.1, 0.15) is 0 Å². The quantitative estimate of drug-likeness (QED) is 0.527. The van der Waals surface area contributed by atoms with Crippen LogP contribution in [-0.2, 0) is 14.3 Å². The number of alkyl halides is 2. The van der Waals surface area contributed by atoms with Crippen LogP contribution in [-0.4, -0.2) is 84.3 Å². The lowest BCUT2D eigenvalue weighted by Gasteiger charge is -2.22. The largest absolute Gasteiger partial charge is 0.442 e.